The molecule has 0 aliphatic carbocycles. The number of hydrogen-bond donors (Lipinski definition) is 0. The Hall–Kier alpha value is -2.69. The van der Waals surface area contributed by atoms with Gasteiger partial charge in [0.05, 0.1) is 28.7 Å². The number of furan rings is 1. The van der Waals surface area contributed by atoms with E-state index in [4.69, 9.17) is 4.42 Å². The minimum atomic E-state index is -3.64. The SMILES string of the molecule is CCN(CC)S(=O)(=O)c1ccc2c(c1)nc(SCc1cc(F)cc(F)c1)n2Cc1ccco1. The molecule has 0 atom stereocenters. The van der Waals surface area contributed by atoms with Gasteiger partial charge in [0.25, 0.3) is 0 Å². The van der Waals surface area contributed by atoms with Crippen LogP contribution in [-0.2, 0) is 22.3 Å². The van der Waals surface area contributed by atoms with Gasteiger partial charge in [0.1, 0.15) is 17.4 Å². The molecule has 4 aromatic rings. The van der Waals surface area contributed by atoms with Gasteiger partial charge >= 0.3 is 0 Å². The van der Waals surface area contributed by atoms with Crippen LogP contribution in [0.5, 0.6) is 0 Å². The lowest BCUT2D eigenvalue weighted by molar-refractivity contribution is 0.445. The summed E-state index contributed by atoms with van der Waals surface area (Å²) in [4.78, 5) is 4.82. The highest BCUT2D eigenvalue weighted by Crippen LogP contribution is 2.30. The molecule has 6 nitrogen and oxygen atoms in total. The highest BCUT2D eigenvalue weighted by molar-refractivity contribution is 7.98. The Labute approximate surface area is 195 Å². The highest BCUT2D eigenvalue weighted by atomic mass is 32.2. The van der Waals surface area contributed by atoms with Crippen molar-refractivity contribution in [2.75, 3.05) is 13.1 Å². The Bertz CT molecular complexity index is 1350. The molecule has 0 amide bonds. The molecule has 0 radical (unpaired) electrons. The third-order valence-corrected chi connectivity index (χ3v) is 8.31. The maximum Gasteiger partial charge on any atom is 0.243 e. The summed E-state index contributed by atoms with van der Waals surface area (Å²) in [5.74, 6) is -0.282. The first-order valence-electron chi connectivity index (χ1n) is 10.4. The molecule has 0 aliphatic rings. The molecular weight excluding hydrogens is 468 g/mol. The van der Waals surface area contributed by atoms with Crippen LogP contribution in [-0.4, -0.2) is 35.4 Å². The van der Waals surface area contributed by atoms with Gasteiger partial charge in [-0.1, -0.05) is 25.6 Å². The molecule has 0 bridgehead atoms. The summed E-state index contributed by atoms with van der Waals surface area (Å²) in [6.07, 6.45) is 1.57. The summed E-state index contributed by atoms with van der Waals surface area (Å²) < 4.78 is 61.9. The van der Waals surface area contributed by atoms with Crippen LogP contribution in [0.4, 0.5) is 8.78 Å². The van der Waals surface area contributed by atoms with Crippen LogP contribution >= 0.6 is 11.8 Å². The van der Waals surface area contributed by atoms with Crippen LogP contribution in [0, 0.1) is 11.6 Å². The van der Waals surface area contributed by atoms with Gasteiger partial charge in [-0.3, -0.25) is 0 Å². The summed E-state index contributed by atoms with van der Waals surface area (Å²) in [5.41, 5.74) is 1.74. The molecule has 33 heavy (non-hydrogen) atoms. The average Bonchev–Trinajstić information content (AvgIpc) is 3.40. The van der Waals surface area contributed by atoms with E-state index in [0.717, 1.165) is 11.6 Å². The molecule has 0 unspecified atom stereocenters. The topological polar surface area (TPSA) is 68.3 Å². The number of sulfonamides is 1. The maximum atomic E-state index is 13.6. The first-order chi connectivity index (χ1) is 15.8. The average molecular weight is 492 g/mol. The second-order valence-corrected chi connectivity index (χ2v) is 10.2. The molecule has 0 spiro atoms. The molecule has 0 aliphatic heterocycles. The zero-order valence-corrected chi connectivity index (χ0v) is 19.8. The molecule has 2 heterocycles. The Kier molecular flexibility index (Phi) is 6.87. The van der Waals surface area contributed by atoms with Crippen LogP contribution < -0.4 is 0 Å². The normalized spacial score (nSPS) is 12.2. The van der Waals surface area contributed by atoms with E-state index in [9.17, 15) is 17.2 Å². The maximum absolute atomic E-state index is 13.6. The fraction of sp³-hybridized carbons (Fsp3) is 0.261. The molecule has 0 saturated heterocycles. The Balaban J connectivity index is 1.73. The number of aromatic nitrogens is 2. The molecule has 2 aromatic carbocycles. The zero-order valence-electron chi connectivity index (χ0n) is 18.2. The van der Waals surface area contributed by atoms with E-state index < -0.39 is 21.7 Å². The van der Waals surface area contributed by atoms with Gasteiger partial charge in [-0.25, -0.2) is 22.2 Å². The quantitative estimate of drug-likeness (QED) is 0.298. The summed E-state index contributed by atoms with van der Waals surface area (Å²) in [6, 6.07) is 11.9. The minimum Gasteiger partial charge on any atom is -0.467 e. The van der Waals surface area contributed by atoms with E-state index in [1.807, 2.05) is 10.6 Å². The number of imidazole rings is 1. The fourth-order valence-electron chi connectivity index (χ4n) is 3.62. The molecule has 4 rings (SSSR count). The van der Waals surface area contributed by atoms with Crippen LogP contribution in [0.1, 0.15) is 25.2 Å². The van der Waals surface area contributed by atoms with Gasteiger partial charge < -0.3 is 8.98 Å². The minimum absolute atomic E-state index is 0.171. The number of fused-ring (bicyclic) bond motifs is 1. The molecule has 174 valence electrons. The van der Waals surface area contributed by atoms with Gasteiger partial charge in [-0.2, -0.15) is 4.31 Å². The molecule has 0 N–H and O–H groups in total. The van der Waals surface area contributed by atoms with Crippen LogP contribution in [0.3, 0.4) is 0 Å². The molecule has 2 aromatic heterocycles. The smallest absolute Gasteiger partial charge is 0.243 e. The zero-order chi connectivity index (χ0) is 23.6. The highest BCUT2D eigenvalue weighted by Gasteiger charge is 2.23. The predicted octanol–water partition coefficient (Wildman–Crippen LogP) is 5.28. The lowest BCUT2D eigenvalue weighted by atomic mass is 10.2. The van der Waals surface area contributed by atoms with Crippen LogP contribution in [0.25, 0.3) is 11.0 Å². The van der Waals surface area contributed by atoms with Crippen molar-refractivity contribution in [1.82, 2.24) is 13.9 Å². The predicted molar refractivity (Wildman–Crippen MR) is 124 cm³/mol. The van der Waals surface area contributed by atoms with E-state index in [-0.39, 0.29) is 4.90 Å². The third kappa shape index (κ3) is 4.97. The largest absolute Gasteiger partial charge is 0.467 e. The van der Waals surface area contributed by atoms with E-state index in [2.05, 4.69) is 4.98 Å². The monoisotopic (exact) mass is 491 g/mol. The van der Waals surface area contributed by atoms with Crippen molar-refractivity contribution in [3.05, 3.63) is 77.8 Å². The molecule has 0 saturated carbocycles. The second-order valence-electron chi connectivity index (χ2n) is 7.37. The van der Waals surface area contributed by atoms with Gasteiger partial charge in [-0.05, 0) is 48.0 Å². The number of hydrogen-bond acceptors (Lipinski definition) is 5. The Morgan fingerprint density at radius 2 is 1.79 bits per heavy atom. The standard InChI is InChI=1S/C23H23F2N3O3S2/c1-3-27(4-2)33(29,30)20-7-8-22-21(13-20)26-23(28(22)14-19-6-5-9-31-19)32-15-16-10-17(24)12-18(25)11-16/h5-13H,3-4,14-15H2,1-2H3. The lowest BCUT2D eigenvalue weighted by Crippen LogP contribution is -2.30. The summed E-state index contributed by atoms with van der Waals surface area (Å²) >= 11 is 1.31. The number of rotatable bonds is 9. The van der Waals surface area contributed by atoms with Gasteiger partial charge in [-0.15, -0.1) is 0 Å². The van der Waals surface area contributed by atoms with Gasteiger partial charge in [0.15, 0.2) is 5.16 Å². The van der Waals surface area contributed by atoms with E-state index in [1.54, 1.807) is 44.4 Å². The van der Waals surface area contributed by atoms with E-state index in [1.165, 1.54) is 28.2 Å². The Morgan fingerprint density at radius 1 is 1.06 bits per heavy atom. The summed E-state index contributed by atoms with van der Waals surface area (Å²) in [6.45, 7) is 4.71. The van der Waals surface area contributed by atoms with E-state index >= 15 is 0 Å². The number of thioether (sulfide) groups is 1. The van der Waals surface area contributed by atoms with Crippen molar-refractivity contribution >= 4 is 32.8 Å². The van der Waals surface area contributed by atoms with Crippen molar-refractivity contribution < 1.29 is 21.6 Å². The Morgan fingerprint density at radius 3 is 2.42 bits per heavy atom. The van der Waals surface area contributed by atoms with Gasteiger partial charge in [0.2, 0.25) is 10.0 Å². The first-order valence-corrected chi connectivity index (χ1v) is 12.8. The van der Waals surface area contributed by atoms with Crippen LogP contribution in [0.15, 0.2) is 69.3 Å². The fourth-order valence-corrected chi connectivity index (χ4v) is 6.05. The van der Waals surface area contributed by atoms with Crippen molar-refractivity contribution in [3.63, 3.8) is 0 Å². The van der Waals surface area contributed by atoms with Crippen molar-refractivity contribution in [2.24, 2.45) is 0 Å². The lowest BCUT2D eigenvalue weighted by Gasteiger charge is -2.18. The van der Waals surface area contributed by atoms with Gasteiger partial charge in [0, 0.05) is 24.9 Å². The first kappa shape index (κ1) is 23.5. The van der Waals surface area contributed by atoms with Crippen molar-refractivity contribution in [2.45, 2.75) is 36.2 Å². The number of halogens is 2. The summed E-state index contributed by atoms with van der Waals surface area (Å²) in [5, 5.41) is 0.587. The van der Waals surface area contributed by atoms with Crippen molar-refractivity contribution in [3.8, 4) is 0 Å². The molecular formula is C23H23F2N3O3S2. The van der Waals surface area contributed by atoms with E-state index in [0.29, 0.717) is 47.4 Å². The van der Waals surface area contributed by atoms with Crippen LogP contribution in [0.2, 0.25) is 0 Å². The van der Waals surface area contributed by atoms with Crippen molar-refractivity contribution in [1.29, 1.82) is 0 Å². The summed E-state index contributed by atoms with van der Waals surface area (Å²) in [7, 11) is -3.64. The number of nitrogens with zero attached hydrogens (tertiary/aromatic N) is 3. The third-order valence-electron chi connectivity index (χ3n) is 5.21. The molecule has 0 fully saturated rings. The number of benzene rings is 2. The second kappa shape index (κ2) is 9.66. The molecule has 10 heteroatoms.